The number of nitrogens with one attached hydrogen (secondary N) is 1. The van der Waals surface area contributed by atoms with E-state index < -0.39 is 15.9 Å². The van der Waals surface area contributed by atoms with Crippen LogP contribution in [0.1, 0.15) is 36.1 Å². The molecule has 5 nitrogen and oxygen atoms in total. The number of hydrogen-bond acceptors (Lipinski definition) is 3. The third kappa shape index (κ3) is 5.87. The lowest BCUT2D eigenvalue weighted by molar-refractivity contribution is -0.120. The van der Waals surface area contributed by atoms with Crippen LogP contribution in [0.5, 0.6) is 0 Å². The second-order valence-electron chi connectivity index (χ2n) is 6.77. The van der Waals surface area contributed by atoms with Crippen molar-refractivity contribution in [2.45, 2.75) is 33.2 Å². The van der Waals surface area contributed by atoms with Gasteiger partial charge in [-0.25, -0.2) is 8.42 Å². The normalized spacial score (nSPS) is 12.5. The number of rotatable bonds is 7. The zero-order valence-electron chi connectivity index (χ0n) is 16.3. The Morgan fingerprint density at radius 1 is 1.07 bits per heavy atom. The first-order chi connectivity index (χ1) is 13.0. The van der Waals surface area contributed by atoms with E-state index in [2.05, 4.69) is 5.32 Å². The topological polar surface area (TPSA) is 66.5 Å². The first-order valence-corrected chi connectivity index (χ1v) is 11.4. The largest absolute Gasteiger partial charge is 0.348 e. The maximum absolute atomic E-state index is 12.7. The van der Waals surface area contributed by atoms with E-state index in [4.69, 9.17) is 23.2 Å². The number of sulfonamides is 1. The zero-order valence-corrected chi connectivity index (χ0v) is 18.6. The molecule has 2 aromatic rings. The number of carbonyl (C=O) groups is 1. The third-order valence-corrected chi connectivity index (χ3v) is 6.08. The Morgan fingerprint density at radius 3 is 2.18 bits per heavy atom. The van der Waals surface area contributed by atoms with Crippen molar-refractivity contribution >= 4 is 44.8 Å². The summed E-state index contributed by atoms with van der Waals surface area (Å²) in [5.41, 5.74) is 3.53. The summed E-state index contributed by atoms with van der Waals surface area (Å²) in [7, 11) is -3.71. The molecule has 2 rings (SSSR count). The lowest BCUT2D eigenvalue weighted by atomic mass is 9.99. The molecule has 0 saturated carbocycles. The van der Waals surface area contributed by atoms with Gasteiger partial charge in [0.15, 0.2) is 0 Å². The number of nitrogens with zero attached hydrogens (tertiary/aromatic N) is 1. The van der Waals surface area contributed by atoms with E-state index in [0.717, 1.165) is 21.7 Å². The Morgan fingerprint density at radius 2 is 1.68 bits per heavy atom. The van der Waals surface area contributed by atoms with E-state index in [9.17, 15) is 13.2 Å². The monoisotopic (exact) mass is 442 g/mol. The highest BCUT2D eigenvalue weighted by molar-refractivity contribution is 7.92. The Kier molecular flexibility index (Phi) is 7.37. The van der Waals surface area contributed by atoms with Crippen LogP contribution in [0.3, 0.4) is 0 Å². The molecule has 0 aromatic heterocycles. The van der Waals surface area contributed by atoms with Crippen LogP contribution >= 0.6 is 23.2 Å². The Balaban J connectivity index is 2.24. The molecule has 0 unspecified atom stereocenters. The first-order valence-electron chi connectivity index (χ1n) is 8.81. The molecule has 0 saturated heterocycles. The standard InChI is InChI=1S/C20H24Cl2N2O3S/c1-5-19(15-7-6-13(2)14(3)8-15)23-20(25)12-24(28(4,26)27)18-10-16(21)9-17(22)11-18/h6-11,19H,5,12H2,1-4H3,(H,23,25)/t19-/m1/s1. The lowest BCUT2D eigenvalue weighted by Gasteiger charge is -2.24. The Bertz CT molecular complexity index is 957. The molecule has 0 fully saturated rings. The number of hydrogen-bond donors (Lipinski definition) is 1. The first kappa shape index (κ1) is 22.5. The molecule has 1 amide bonds. The van der Waals surface area contributed by atoms with Gasteiger partial charge in [-0.3, -0.25) is 9.10 Å². The molecule has 1 atom stereocenters. The van der Waals surface area contributed by atoms with E-state index >= 15 is 0 Å². The van der Waals surface area contributed by atoms with Crippen molar-refractivity contribution in [1.82, 2.24) is 5.32 Å². The molecule has 8 heteroatoms. The zero-order chi connectivity index (χ0) is 21.1. The minimum Gasteiger partial charge on any atom is -0.348 e. The average Bonchev–Trinajstić information content (AvgIpc) is 2.58. The van der Waals surface area contributed by atoms with E-state index in [1.165, 1.54) is 23.8 Å². The average molecular weight is 443 g/mol. The lowest BCUT2D eigenvalue weighted by Crippen LogP contribution is -2.41. The smallest absolute Gasteiger partial charge is 0.241 e. The molecule has 0 aliphatic rings. The Labute approximate surface area is 176 Å². The molecule has 0 aliphatic heterocycles. The van der Waals surface area contributed by atoms with Gasteiger partial charge in [0.05, 0.1) is 18.0 Å². The van der Waals surface area contributed by atoms with Gasteiger partial charge < -0.3 is 5.32 Å². The number of halogens is 2. The molecule has 0 bridgehead atoms. The summed E-state index contributed by atoms with van der Waals surface area (Å²) >= 11 is 12.0. The minimum absolute atomic E-state index is 0.212. The van der Waals surface area contributed by atoms with E-state index in [1.807, 2.05) is 39.0 Å². The van der Waals surface area contributed by atoms with Crippen molar-refractivity contribution in [2.24, 2.45) is 0 Å². The van der Waals surface area contributed by atoms with E-state index in [1.54, 1.807) is 0 Å². The van der Waals surface area contributed by atoms with Crippen LogP contribution in [-0.4, -0.2) is 27.1 Å². The summed E-state index contributed by atoms with van der Waals surface area (Å²) in [6.07, 6.45) is 1.71. The van der Waals surface area contributed by atoms with E-state index in [-0.39, 0.29) is 28.3 Å². The molecule has 1 N–H and O–H groups in total. The van der Waals surface area contributed by atoms with Gasteiger partial charge in [0.2, 0.25) is 15.9 Å². The van der Waals surface area contributed by atoms with Crippen LogP contribution in [0, 0.1) is 13.8 Å². The van der Waals surface area contributed by atoms with Gasteiger partial charge in [-0.2, -0.15) is 0 Å². The quantitative estimate of drug-likeness (QED) is 0.678. The summed E-state index contributed by atoms with van der Waals surface area (Å²) in [5, 5.41) is 3.50. The van der Waals surface area contributed by atoms with Crippen LogP contribution in [0.2, 0.25) is 10.0 Å². The van der Waals surface area contributed by atoms with Gasteiger partial charge in [-0.15, -0.1) is 0 Å². The third-order valence-electron chi connectivity index (χ3n) is 4.50. The van der Waals surface area contributed by atoms with Gasteiger partial charge >= 0.3 is 0 Å². The van der Waals surface area contributed by atoms with Crippen molar-refractivity contribution in [3.05, 3.63) is 63.1 Å². The molecule has 0 radical (unpaired) electrons. The van der Waals surface area contributed by atoms with Crippen LogP contribution in [0.15, 0.2) is 36.4 Å². The fraction of sp³-hybridized carbons (Fsp3) is 0.350. The van der Waals surface area contributed by atoms with Crippen molar-refractivity contribution in [3.8, 4) is 0 Å². The second kappa shape index (κ2) is 9.16. The molecule has 28 heavy (non-hydrogen) atoms. The highest BCUT2D eigenvalue weighted by atomic mass is 35.5. The molecule has 152 valence electrons. The molecular weight excluding hydrogens is 419 g/mol. The predicted molar refractivity (Wildman–Crippen MR) is 116 cm³/mol. The van der Waals surface area contributed by atoms with Crippen LogP contribution in [0.4, 0.5) is 5.69 Å². The summed E-state index contributed by atoms with van der Waals surface area (Å²) < 4.78 is 25.5. The second-order valence-corrected chi connectivity index (χ2v) is 9.55. The van der Waals surface area contributed by atoms with Crippen LogP contribution in [-0.2, 0) is 14.8 Å². The fourth-order valence-electron chi connectivity index (χ4n) is 2.86. The molecule has 0 spiro atoms. The SMILES string of the molecule is CC[C@@H](NC(=O)CN(c1cc(Cl)cc(Cl)c1)S(C)(=O)=O)c1ccc(C)c(C)c1. The predicted octanol–water partition coefficient (Wildman–Crippen LogP) is 4.64. The number of anilines is 1. The number of amides is 1. The molecule has 0 heterocycles. The number of carbonyl (C=O) groups excluding carboxylic acids is 1. The highest BCUT2D eigenvalue weighted by Crippen LogP contribution is 2.27. The van der Waals surface area contributed by atoms with Crippen molar-refractivity contribution in [2.75, 3.05) is 17.1 Å². The Hall–Kier alpha value is -1.76. The molecule has 2 aromatic carbocycles. The maximum atomic E-state index is 12.7. The van der Waals surface area contributed by atoms with Gasteiger partial charge in [0.25, 0.3) is 0 Å². The number of aryl methyl sites for hydroxylation is 2. The van der Waals surface area contributed by atoms with Gasteiger partial charge in [0, 0.05) is 10.0 Å². The van der Waals surface area contributed by atoms with Crippen molar-refractivity contribution in [3.63, 3.8) is 0 Å². The summed E-state index contributed by atoms with van der Waals surface area (Å²) in [6, 6.07) is 10.2. The van der Waals surface area contributed by atoms with Crippen molar-refractivity contribution < 1.29 is 13.2 Å². The maximum Gasteiger partial charge on any atom is 0.241 e. The van der Waals surface area contributed by atoms with Gasteiger partial charge in [0.1, 0.15) is 6.54 Å². The fourth-order valence-corrected chi connectivity index (χ4v) is 4.21. The van der Waals surface area contributed by atoms with Crippen LogP contribution in [0.25, 0.3) is 0 Å². The van der Waals surface area contributed by atoms with Gasteiger partial charge in [-0.1, -0.05) is 48.3 Å². The van der Waals surface area contributed by atoms with Crippen molar-refractivity contribution in [1.29, 1.82) is 0 Å². The number of benzene rings is 2. The van der Waals surface area contributed by atoms with Gasteiger partial charge in [-0.05, 0) is 55.2 Å². The summed E-state index contributed by atoms with van der Waals surface area (Å²) in [6.45, 7) is 5.64. The van der Waals surface area contributed by atoms with Crippen LogP contribution < -0.4 is 9.62 Å². The highest BCUT2D eigenvalue weighted by Gasteiger charge is 2.23. The van der Waals surface area contributed by atoms with E-state index in [0.29, 0.717) is 6.42 Å². The molecular formula is C20H24Cl2N2O3S. The summed E-state index contributed by atoms with van der Waals surface area (Å²) in [5.74, 6) is -0.411. The minimum atomic E-state index is -3.71. The summed E-state index contributed by atoms with van der Waals surface area (Å²) in [4.78, 5) is 12.7. The molecule has 0 aliphatic carbocycles.